The summed E-state index contributed by atoms with van der Waals surface area (Å²) in [4.78, 5) is 17.0. The zero-order valence-electron chi connectivity index (χ0n) is 14.5. The predicted molar refractivity (Wildman–Crippen MR) is 98.8 cm³/mol. The molecule has 0 saturated heterocycles. The average Bonchev–Trinajstić information content (AvgIpc) is 2.58. The van der Waals surface area contributed by atoms with E-state index in [2.05, 4.69) is 16.5 Å². The van der Waals surface area contributed by atoms with Crippen LogP contribution in [0.4, 0.5) is 15.8 Å². The van der Waals surface area contributed by atoms with E-state index in [1.165, 1.54) is 23.2 Å². The number of hydrazine groups is 1. The fourth-order valence-corrected chi connectivity index (χ4v) is 2.01. The van der Waals surface area contributed by atoms with Gasteiger partial charge >= 0.3 is 0 Å². The molecule has 0 aromatic heterocycles. The lowest BCUT2D eigenvalue weighted by atomic mass is 9.90. The van der Waals surface area contributed by atoms with Crippen molar-refractivity contribution in [3.8, 4) is 12.5 Å². The van der Waals surface area contributed by atoms with Crippen molar-refractivity contribution in [2.45, 2.75) is 20.8 Å². The Bertz CT molecular complexity index is 817. The highest BCUT2D eigenvalue weighted by Gasteiger charge is 2.28. The van der Waals surface area contributed by atoms with Crippen LogP contribution in [0.3, 0.4) is 0 Å². The monoisotopic (exact) mass is 337 g/mol. The first-order valence-corrected chi connectivity index (χ1v) is 7.78. The topological polar surface area (TPSA) is 44.7 Å². The van der Waals surface area contributed by atoms with Gasteiger partial charge in [0.15, 0.2) is 5.84 Å². The minimum Gasteiger partial charge on any atom is -0.290 e. The van der Waals surface area contributed by atoms with Gasteiger partial charge in [0.1, 0.15) is 5.82 Å². The number of terminal acetylenes is 1. The quantitative estimate of drug-likeness (QED) is 0.301. The van der Waals surface area contributed by atoms with Crippen molar-refractivity contribution in [2.75, 3.05) is 5.01 Å². The summed E-state index contributed by atoms with van der Waals surface area (Å²) in [6, 6.07) is 17.3. The fraction of sp³-hybridized carbons (Fsp3) is 0.200. The molecule has 1 N–H and O–H groups in total. The maximum Gasteiger partial charge on any atom is 0.204 e. The van der Waals surface area contributed by atoms with Crippen molar-refractivity contribution in [3.63, 3.8) is 0 Å². The third-order valence-electron chi connectivity index (χ3n) is 3.31. The number of halogens is 1. The van der Waals surface area contributed by atoms with Crippen molar-refractivity contribution >= 4 is 23.0 Å². The van der Waals surface area contributed by atoms with Gasteiger partial charge in [-0.2, -0.15) is 0 Å². The van der Waals surface area contributed by atoms with Crippen molar-refractivity contribution in [1.29, 1.82) is 0 Å². The molecular weight excluding hydrogens is 317 g/mol. The van der Waals surface area contributed by atoms with Crippen LogP contribution in [0.5, 0.6) is 0 Å². The first kappa shape index (κ1) is 18.2. The summed E-state index contributed by atoms with van der Waals surface area (Å²) in [6.07, 6.45) is 5.57. The molecule has 0 aliphatic heterocycles. The van der Waals surface area contributed by atoms with E-state index in [4.69, 9.17) is 6.42 Å². The van der Waals surface area contributed by atoms with E-state index in [0.29, 0.717) is 11.4 Å². The van der Waals surface area contributed by atoms with Crippen LogP contribution in [0.25, 0.3) is 0 Å². The second-order valence-corrected chi connectivity index (χ2v) is 6.43. The molecule has 0 fully saturated rings. The number of carbonyl (C=O) groups is 1. The molecule has 5 heteroatoms. The second-order valence-electron chi connectivity index (χ2n) is 6.43. The smallest absolute Gasteiger partial charge is 0.204 e. The second kappa shape index (κ2) is 7.63. The molecule has 0 bridgehead atoms. The fourth-order valence-electron chi connectivity index (χ4n) is 2.01. The zero-order valence-corrected chi connectivity index (χ0v) is 14.5. The van der Waals surface area contributed by atoms with Crippen molar-refractivity contribution < 1.29 is 9.18 Å². The summed E-state index contributed by atoms with van der Waals surface area (Å²) in [5.74, 6) is -0.631. The number of hydrogen-bond acceptors (Lipinski definition) is 3. The van der Waals surface area contributed by atoms with E-state index < -0.39 is 11.2 Å². The number of Topliss-reactive ketones (excluding diaryl/α,β-unsaturated/α-hetero) is 1. The number of amidine groups is 1. The summed E-state index contributed by atoms with van der Waals surface area (Å²) in [6.45, 7) is 5.34. The Balaban J connectivity index is 2.41. The van der Waals surface area contributed by atoms with E-state index in [9.17, 15) is 9.18 Å². The van der Waals surface area contributed by atoms with Gasteiger partial charge in [0.05, 0.1) is 11.4 Å². The summed E-state index contributed by atoms with van der Waals surface area (Å²) in [5, 5.41) is 1.36. The number of benzene rings is 2. The first-order valence-electron chi connectivity index (χ1n) is 7.78. The van der Waals surface area contributed by atoms with Gasteiger partial charge in [0, 0.05) is 11.5 Å². The van der Waals surface area contributed by atoms with Crippen LogP contribution >= 0.6 is 0 Å². The number of ketones is 1. The molecule has 2 aromatic rings. The SMILES string of the molecule is C#CN(NC(=Nc1cccc(F)c1)C(=O)C(C)(C)C)c1ccccc1. The lowest BCUT2D eigenvalue weighted by molar-refractivity contribution is -0.119. The van der Waals surface area contributed by atoms with Crippen LogP contribution in [0.1, 0.15) is 20.8 Å². The summed E-state index contributed by atoms with van der Waals surface area (Å²) in [5.41, 5.74) is 3.19. The molecule has 0 aliphatic carbocycles. The van der Waals surface area contributed by atoms with E-state index >= 15 is 0 Å². The van der Waals surface area contributed by atoms with Gasteiger partial charge in [-0.25, -0.2) is 14.4 Å². The highest BCUT2D eigenvalue weighted by molar-refractivity contribution is 6.41. The Morgan fingerprint density at radius 1 is 1.16 bits per heavy atom. The van der Waals surface area contributed by atoms with E-state index in [1.807, 2.05) is 18.2 Å². The number of rotatable bonds is 4. The number of carbonyl (C=O) groups excluding carboxylic acids is 1. The van der Waals surface area contributed by atoms with Gasteiger partial charge in [-0.1, -0.05) is 51.5 Å². The van der Waals surface area contributed by atoms with Crippen LogP contribution in [0.2, 0.25) is 0 Å². The maximum absolute atomic E-state index is 13.4. The number of hydrogen-bond donors (Lipinski definition) is 1. The van der Waals surface area contributed by atoms with E-state index in [0.717, 1.165) is 0 Å². The van der Waals surface area contributed by atoms with Gasteiger partial charge in [0.25, 0.3) is 0 Å². The van der Waals surface area contributed by atoms with Crippen LogP contribution in [0, 0.1) is 23.7 Å². The Morgan fingerprint density at radius 3 is 2.40 bits per heavy atom. The predicted octanol–water partition coefficient (Wildman–Crippen LogP) is 4.07. The number of nitrogens with one attached hydrogen (secondary N) is 1. The molecule has 0 radical (unpaired) electrons. The lowest BCUT2D eigenvalue weighted by Crippen LogP contribution is -2.46. The normalized spacial score (nSPS) is 11.6. The van der Waals surface area contributed by atoms with E-state index in [1.54, 1.807) is 39.0 Å². The van der Waals surface area contributed by atoms with Crippen LogP contribution in [-0.4, -0.2) is 11.6 Å². The van der Waals surface area contributed by atoms with Crippen molar-refractivity contribution in [2.24, 2.45) is 10.4 Å². The Kier molecular flexibility index (Phi) is 5.56. The summed E-state index contributed by atoms with van der Waals surface area (Å²) in [7, 11) is 0. The molecule has 0 unspecified atom stereocenters. The molecule has 128 valence electrons. The minimum absolute atomic E-state index is 0.0416. The lowest BCUT2D eigenvalue weighted by Gasteiger charge is -2.24. The molecule has 0 amide bonds. The van der Waals surface area contributed by atoms with E-state index in [-0.39, 0.29) is 11.6 Å². The van der Waals surface area contributed by atoms with Crippen LogP contribution < -0.4 is 10.4 Å². The molecule has 0 saturated carbocycles. The molecule has 0 heterocycles. The average molecular weight is 337 g/mol. The zero-order chi connectivity index (χ0) is 18.4. The minimum atomic E-state index is -0.684. The van der Waals surface area contributed by atoms with Gasteiger partial charge in [0.2, 0.25) is 5.78 Å². The number of anilines is 1. The number of nitrogens with zero attached hydrogens (tertiary/aromatic N) is 2. The standard InChI is InChI=1S/C20H20FN3O/c1-5-24(17-12-7-6-8-13-17)23-19(18(25)20(2,3)4)22-16-11-9-10-15(21)14-16/h1,6-14H,2-4H3,(H,22,23). The molecule has 2 aromatic carbocycles. The van der Waals surface area contributed by atoms with Crippen molar-refractivity contribution in [3.05, 3.63) is 60.4 Å². The highest BCUT2D eigenvalue weighted by Crippen LogP contribution is 2.19. The van der Waals surface area contributed by atoms with Crippen LogP contribution in [-0.2, 0) is 4.79 Å². The molecule has 0 spiro atoms. The largest absolute Gasteiger partial charge is 0.290 e. The Morgan fingerprint density at radius 2 is 1.84 bits per heavy atom. The molecule has 25 heavy (non-hydrogen) atoms. The van der Waals surface area contributed by atoms with Gasteiger partial charge in [-0.05, 0) is 30.3 Å². The summed E-state index contributed by atoms with van der Waals surface area (Å²) < 4.78 is 13.4. The van der Waals surface area contributed by atoms with Gasteiger partial charge in [-0.3, -0.25) is 10.2 Å². The molecule has 4 nitrogen and oxygen atoms in total. The number of para-hydroxylation sites is 1. The number of aliphatic imine (C=N–C) groups is 1. The third-order valence-corrected chi connectivity index (χ3v) is 3.31. The van der Waals surface area contributed by atoms with Gasteiger partial charge < -0.3 is 0 Å². The molecule has 0 aliphatic rings. The Hall–Kier alpha value is -3.13. The third kappa shape index (κ3) is 4.92. The summed E-state index contributed by atoms with van der Waals surface area (Å²) >= 11 is 0. The molecule has 0 atom stereocenters. The van der Waals surface area contributed by atoms with Gasteiger partial charge in [-0.15, -0.1) is 0 Å². The maximum atomic E-state index is 13.4. The highest BCUT2D eigenvalue weighted by atomic mass is 19.1. The Labute approximate surface area is 147 Å². The van der Waals surface area contributed by atoms with Crippen molar-refractivity contribution in [1.82, 2.24) is 5.43 Å². The van der Waals surface area contributed by atoms with Crippen LogP contribution in [0.15, 0.2) is 59.6 Å². The molecule has 2 rings (SSSR count). The first-order chi connectivity index (χ1) is 11.8. The molecular formula is C20H20FN3O.